The van der Waals surface area contributed by atoms with Crippen molar-refractivity contribution in [3.8, 4) is 0 Å². The third-order valence-corrected chi connectivity index (χ3v) is 3.18. The summed E-state index contributed by atoms with van der Waals surface area (Å²) in [5.74, 6) is -0.510. The van der Waals surface area contributed by atoms with Gasteiger partial charge in [0.05, 0.1) is 52.3 Å². The standard InChI is InChI=1S/C18H35FN2O6/c1-14(2)18(23)21-11-16(19)12-26-10-9-25-8-7-24-6-5-20-17(22)13-27-15(3)4/h14-16H,5-13H2,1-4H3,(H,20,22)(H,21,23). The van der Waals surface area contributed by atoms with E-state index < -0.39 is 6.17 Å². The van der Waals surface area contributed by atoms with Crippen LogP contribution in [0.4, 0.5) is 4.39 Å². The fraction of sp³-hybridized carbons (Fsp3) is 0.889. The van der Waals surface area contributed by atoms with Crippen molar-refractivity contribution in [2.75, 3.05) is 59.3 Å². The highest BCUT2D eigenvalue weighted by Crippen LogP contribution is 1.94. The van der Waals surface area contributed by atoms with Crippen LogP contribution >= 0.6 is 0 Å². The quantitative estimate of drug-likeness (QED) is 0.353. The van der Waals surface area contributed by atoms with Gasteiger partial charge in [-0.05, 0) is 13.8 Å². The number of nitrogens with one attached hydrogen (secondary N) is 2. The molecule has 0 aromatic heterocycles. The van der Waals surface area contributed by atoms with Crippen LogP contribution < -0.4 is 10.6 Å². The van der Waals surface area contributed by atoms with E-state index in [0.717, 1.165) is 0 Å². The van der Waals surface area contributed by atoms with Crippen LogP contribution in [-0.4, -0.2) is 83.4 Å². The molecule has 0 aliphatic rings. The number of alkyl halides is 1. The molecule has 8 nitrogen and oxygen atoms in total. The molecule has 0 saturated carbocycles. The molecule has 0 fully saturated rings. The lowest BCUT2D eigenvalue weighted by Crippen LogP contribution is -2.35. The van der Waals surface area contributed by atoms with E-state index in [4.69, 9.17) is 18.9 Å². The predicted molar refractivity (Wildman–Crippen MR) is 99.3 cm³/mol. The molecule has 0 spiro atoms. The van der Waals surface area contributed by atoms with Gasteiger partial charge in [-0.3, -0.25) is 9.59 Å². The monoisotopic (exact) mass is 394 g/mol. The maximum Gasteiger partial charge on any atom is 0.246 e. The van der Waals surface area contributed by atoms with Gasteiger partial charge in [0, 0.05) is 12.5 Å². The molecule has 1 atom stereocenters. The van der Waals surface area contributed by atoms with Crippen molar-refractivity contribution in [2.45, 2.75) is 40.0 Å². The highest BCUT2D eigenvalue weighted by Gasteiger charge is 2.11. The van der Waals surface area contributed by atoms with Crippen molar-refractivity contribution in [1.82, 2.24) is 10.6 Å². The third kappa shape index (κ3) is 17.9. The van der Waals surface area contributed by atoms with Crippen molar-refractivity contribution in [1.29, 1.82) is 0 Å². The fourth-order valence-electron chi connectivity index (χ4n) is 1.68. The second-order valence-electron chi connectivity index (χ2n) is 6.51. The van der Waals surface area contributed by atoms with Crippen LogP contribution in [0, 0.1) is 5.92 Å². The van der Waals surface area contributed by atoms with E-state index in [1.165, 1.54) is 0 Å². The normalized spacial score (nSPS) is 12.4. The summed E-state index contributed by atoms with van der Waals surface area (Å²) in [6, 6.07) is 0. The molecule has 0 aromatic carbocycles. The lowest BCUT2D eigenvalue weighted by Gasteiger charge is -2.12. The minimum Gasteiger partial charge on any atom is -0.377 e. The first-order valence-electron chi connectivity index (χ1n) is 9.36. The Labute approximate surface area is 161 Å². The van der Waals surface area contributed by atoms with Crippen LogP contribution in [0.3, 0.4) is 0 Å². The van der Waals surface area contributed by atoms with Crippen molar-refractivity contribution < 1.29 is 32.9 Å². The Bertz CT molecular complexity index is 396. The van der Waals surface area contributed by atoms with Gasteiger partial charge in [0.15, 0.2) is 0 Å². The molecule has 1 unspecified atom stereocenters. The summed E-state index contributed by atoms with van der Waals surface area (Å²) in [5.41, 5.74) is 0. The molecule has 160 valence electrons. The topological polar surface area (TPSA) is 95.1 Å². The minimum atomic E-state index is -1.24. The van der Waals surface area contributed by atoms with Gasteiger partial charge < -0.3 is 29.6 Å². The molecular formula is C18H35FN2O6. The Kier molecular flexibility index (Phi) is 16.0. The average molecular weight is 394 g/mol. The van der Waals surface area contributed by atoms with E-state index in [1.54, 1.807) is 13.8 Å². The number of rotatable bonds is 17. The number of ether oxygens (including phenoxy) is 4. The average Bonchev–Trinajstić information content (AvgIpc) is 2.62. The highest BCUT2D eigenvalue weighted by molar-refractivity contribution is 5.77. The molecular weight excluding hydrogens is 359 g/mol. The van der Waals surface area contributed by atoms with Crippen LogP contribution in [0.25, 0.3) is 0 Å². The zero-order valence-electron chi connectivity index (χ0n) is 16.9. The summed E-state index contributed by atoms with van der Waals surface area (Å²) in [6.07, 6.45) is -1.22. The summed E-state index contributed by atoms with van der Waals surface area (Å²) in [5, 5.41) is 5.19. The SMILES string of the molecule is CC(C)OCC(=O)NCCOCCOCCOCC(F)CNC(=O)C(C)C. The van der Waals surface area contributed by atoms with Gasteiger partial charge in [-0.25, -0.2) is 4.39 Å². The molecule has 0 rings (SSSR count). The fourth-order valence-corrected chi connectivity index (χ4v) is 1.68. The molecule has 9 heteroatoms. The molecule has 0 bridgehead atoms. The Morgan fingerprint density at radius 2 is 1.48 bits per heavy atom. The summed E-state index contributed by atoms with van der Waals surface area (Å²) in [7, 11) is 0. The molecule has 27 heavy (non-hydrogen) atoms. The van der Waals surface area contributed by atoms with Crippen LogP contribution in [-0.2, 0) is 28.5 Å². The smallest absolute Gasteiger partial charge is 0.246 e. The lowest BCUT2D eigenvalue weighted by molar-refractivity contribution is -0.127. The highest BCUT2D eigenvalue weighted by atomic mass is 19.1. The molecule has 2 N–H and O–H groups in total. The summed E-state index contributed by atoms with van der Waals surface area (Å²) >= 11 is 0. The Hall–Kier alpha value is -1.29. The number of hydrogen-bond donors (Lipinski definition) is 2. The first-order valence-corrected chi connectivity index (χ1v) is 9.36. The van der Waals surface area contributed by atoms with Crippen LogP contribution in [0.15, 0.2) is 0 Å². The maximum absolute atomic E-state index is 13.5. The van der Waals surface area contributed by atoms with Crippen LogP contribution in [0.1, 0.15) is 27.7 Å². The van der Waals surface area contributed by atoms with Gasteiger partial charge in [-0.2, -0.15) is 0 Å². The van der Waals surface area contributed by atoms with Gasteiger partial charge in [-0.15, -0.1) is 0 Å². The molecule has 0 aromatic rings. The number of hydrogen-bond acceptors (Lipinski definition) is 6. The van der Waals surface area contributed by atoms with Crippen molar-refractivity contribution in [3.05, 3.63) is 0 Å². The third-order valence-electron chi connectivity index (χ3n) is 3.18. The Morgan fingerprint density at radius 3 is 2.07 bits per heavy atom. The second-order valence-corrected chi connectivity index (χ2v) is 6.51. The van der Waals surface area contributed by atoms with Crippen LogP contribution in [0.5, 0.6) is 0 Å². The molecule has 2 amide bonds. The van der Waals surface area contributed by atoms with Gasteiger partial charge in [0.1, 0.15) is 12.8 Å². The molecule has 0 aliphatic heterocycles. The maximum atomic E-state index is 13.5. The Morgan fingerprint density at radius 1 is 0.889 bits per heavy atom. The molecule has 0 saturated heterocycles. The predicted octanol–water partition coefficient (Wildman–Crippen LogP) is 0.688. The summed E-state index contributed by atoms with van der Waals surface area (Å²) < 4.78 is 34.4. The van der Waals surface area contributed by atoms with E-state index in [0.29, 0.717) is 33.0 Å². The Balaban J connectivity index is 3.31. The van der Waals surface area contributed by atoms with E-state index >= 15 is 0 Å². The van der Waals surface area contributed by atoms with Crippen molar-refractivity contribution >= 4 is 11.8 Å². The van der Waals surface area contributed by atoms with E-state index in [2.05, 4.69) is 10.6 Å². The molecule has 0 heterocycles. The van der Waals surface area contributed by atoms with E-state index in [9.17, 15) is 14.0 Å². The van der Waals surface area contributed by atoms with Gasteiger partial charge >= 0.3 is 0 Å². The van der Waals surface area contributed by atoms with Crippen molar-refractivity contribution in [3.63, 3.8) is 0 Å². The van der Waals surface area contributed by atoms with Crippen molar-refractivity contribution in [2.24, 2.45) is 5.92 Å². The second kappa shape index (κ2) is 16.9. The van der Waals surface area contributed by atoms with E-state index in [1.807, 2.05) is 13.8 Å². The molecule has 0 aliphatic carbocycles. The number of carbonyl (C=O) groups is 2. The molecule has 0 radical (unpaired) electrons. The minimum absolute atomic E-state index is 0.0228. The first kappa shape index (κ1) is 25.7. The zero-order valence-corrected chi connectivity index (χ0v) is 16.9. The van der Waals surface area contributed by atoms with Gasteiger partial charge in [-0.1, -0.05) is 13.8 Å². The summed E-state index contributed by atoms with van der Waals surface area (Å²) in [6.45, 7) is 9.32. The number of amides is 2. The first-order chi connectivity index (χ1) is 12.8. The largest absolute Gasteiger partial charge is 0.377 e. The number of halogens is 1. The number of carbonyl (C=O) groups excluding carboxylic acids is 2. The van der Waals surface area contributed by atoms with Gasteiger partial charge in [0.2, 0.25) is 11.8 Å². The zero-order chi connectivity index (χ0) is 20.5. The lowest BCUT2D eigenvalue weighted by atomic mass is 10.2. The van der Waals surface area contributed by atoms with Crippen LogP contribution in [0.2, 0.25) is 0 Å². The van der Waals surface area contributed by atoms with E-state index in [-0.39, 0.29) is 50.2 Å². The summed E-state index contributed by atoms with van der Waals surface area (Å²) in [4.78, 5) is 22.7. The van der Waals surface area contributed by atoms with Gasteiger partial charge in [0.25, 0.3) is 0 Å².